The number of hydrogen-bond donors (Lipinski definition) is 3. The highest BCUT2D eigenvalue weighted by molar-refractivity contribution is 6.26. The summed E-state index contributed by atoms with van der Waals surface area (Å²) < 4.78 is 5.35. The summed E-state index contributed by atoms with van der Waals surface area (Å²) in [7, 11) is 0. The van der Waals surface area contributed by atoms with Gasteiger partial charge in [0.1, 0.15) is 11.8 Å². The highest BCUT2D eigenvalue weighted by atomic mass is 16.6. The fourth-order valence-electron chi connectivity index (χ4n) is 3.09. The van der Waals surface area contributed by atoms with E-state index in [0.29, 0.717) is 13.1 Å². The lowest BCUT2D eigenvalue weighted by atomic mass is 9.97. The molecule has 0 bridgehead atoms. The zero-order valence-electron chi connectivity index (χ0n) is 16.3. The third-order valence-corrected chi connectivity index (χ3v) is 4.08. The van der Waals surface area contributed by atoms with Crippen molar-refractivity contribution in [2.45, 2.75) is 52.3 Å². The molecule has 1 atom stereocenters. The van der Waals surface area contributed by atoms with Gasteiger partial charge in [-0.15, -0.1) is 0 Å². The molecule has 0 unspecified atom stereocenters. The minimum atomic E-state index is -0.559. The van der Waals surface area contributed by atoms with Gasteiger partial charge in [0.2, 0.25) is 0 Å². The zero-order chi connectivity index (χ0) is 20.0. The third kappa shape index (κ3) is 6.56. The van der Waals surface area contributed by atoms with Gasteiger partial charge < -0.3 is 15.3 Å². The minimum Gasteiger partial charge on any atom is -0.444 e. The Bertz CT molecular complexity index is 712. The van der Waals surface area contributed by atoms with Crippen molar-refractivity contribution in [3.8, 4) is 0 Å². The number of rotatable bonds is 5. The summed E-state index contributed by atoms with van der Waals surface area (Å²) in [5.41, 5.74) is 2.45. The van der Waals surface area contributed by atoms with Crippen molar-refractivity contribution in [1.29, 1.82) is 0 Å². The maximum atomic E-state index is 12.1. The van der Waals surface area contributed by atoms with E-state index in [4.69, 9.17) is 9.94 Å². The Morgan fingerprint density at radius 1 is 1.41 bits per heavy atom. The molecule has 0 radical (unpaired) electrons. The molecule has 0 spiro atoms. The van der Waals surface area contributed by atoms with Crippen LogP contribution in [0.15, 0.2) is 23.4 Å². The SMILES string of the molecule is C[C@@H](CN1CCc2cccc(NC(=O)OC(C)(C)C)c2C1)NC(=O)/C=N\O. The second-order valence-corrected chi connectivity index (χ2v) is 7.71. The predicted molar refractivity (Wildman–Crippen MR) is 103 cm³/mol. The first-order valence-corrected chi connectivity index (χ1v) is 8.99. The van der Waals surface area contributed by atoms with Crippen LogP contribution in [0.2, 0.25) is 0 Å². The number of carbonyl (C=O) groups excluding carboxylic acids is 2. The second-order valence-electron chi connectivity index (χ2n) is 7.71. The van der Waals surface area contributed by atoms with Crippen LogP contribution in [0.25, 0.3) is 0 Å². The lowest BCUT2D eigenvalue weighted by molar-refractivity contribution is -0.115. The van der Waals surface area contributed by atoms with Crippen molar-refractivity contribution in [2.75, 3.05) is 18.4 Å². The molecule has 8 nitrogen and oxygen atoms in total. The summed E-state index contributed by atoms with van der Waals surface area (Å²) in [6, 6.07) is 5.76. The van der Waals surface area contributed by atoms with E-state index in [-0.39, 0.29) is 6.04 Å². The quantitative estimate of drug-likeness (QED) is 0.416. The molecule has 3 N–H and O–H groups in total. The van der Waals surface area contributed by atoms with Crippen molar-refractivity contribution in [3.63, 3.8) is 0 Å². The van der Waals surface area contributed by atoms with Crippen molar-refractivity contribution >= 4 is 23.9 Å². The van der Waals surface area contributed by atoms with Gasteiger partial charge >= 0.3 is 6.09 Å². The van der Waals surface area contributed by atoms with E-state index in [1.807, 2.05) is 39.8 Å². The van der Waals surface area contributed by atoms with Crippen LogP contribution in [-0.4, -0.2) is 53.1 Å². The Hall–Kier alpha value is -2.61. The van der Waals surface area contributed by atoms with Gasteiger partial charge in [0.25, 0.3) is 5.91 Å². The number of nitrogens with one attached hydrogen (secondary N) is 2. The summed E-state index contributed by atoms with van der Waals surface area (Å²) in [6.07, 6.45) is 1.22. The average molecular weight is 376 g/mol. The molecular weight excluding hydrogens is 348 g/mol. The summed E-state index contributed by atoms with van der Waals surface area (Å²) >= 11 is 0. The van der Waals surface area contributed by atoms with Crippen LogP contribution in [0.3, 0.4) is 0 Å². The Labute approximate surface area is 159 Å². The molecule has 0 saturated heterocycles. The van der Waals surface area contributed by atoms with E-state index in [2.05, 4.69) is 26.8 Å². The second kappa shape index (κ2) is 8.85. The van der Waals surface area contributed by atoms with E-state index >= 15 is 0 Å². The molecule has 0 aromatic heterocycles. The molecule has 1 aliphatic rings. The smallest absolute Gasteiger partial charge is 0.412 e. The maximum Gasteiger partial charge on any atom is 0.412 e. The third-order valence-electron chi connectivity index (χ3n) is 4.08. The van der Waals surface area contributed by atoms with E-state index in [1.54, 1.807) is 0 Å². The minimum absolute atomic E-state index is 0.108. The molecule has 1 aliphatic heterocycles. The standard InChI is InChI=1S/C19H28N4O4/c1-13(21-17(24)10-20-26)11-23-9-8-14-6-5-7-16(15(14)12-23)22-18(25)27-19(2,3)4/h5-7,10,13,26H,8-9,11-12H2,1-4H3,(H,21,24)(H,22,25)/b20-10-/t13-/m0/s1. The summed E-state index contributed by atoms with van der Waals surface area (Å²) in [5.74, 6) is -0.435. The van der Waals surface area contributed by atoms with Gasteiger partial charge in [0.15, 0.2) is 0 Å². The molecule has 1 aromatic carbocycles. The Balaban J connectivity index is 2.03. The maximum absolute atomic E-state index is 12.1. The van der Waals surface area contributed by atoms with Crippen molar-refractivity contribution in [1.82, 2.24) is 10.2 Å². The van der Waals surface area contributed by atoms with Crippen molar-refractivity contribution in [3.05, 3.63) is 29.3 Å². The Morgan fingerprint density at radius 3 is 2.81 bits per heavy atom. The average Bonchev–Trinajstić information content (AvgIpc) is 2.53. The highest BCUT2D eigenvalue weighted by Gasteiger charge is 2.23. The number of hydrogen-bond acceptors (Lipinski definition) is 6. The van der Waals surface area contributed by atoms with Crippen LogP contribution in [0.4, 0.5) is 10.5 Å². The molecular formula is C19H28N4O4. The largest absolute Gasteiger partial charge is 0.444 e. The molecule has 0 aliphatic carbocycles. The van der Waals surface area contributed by atoms with Crippen LogP contribution in [0.5, 0.6) is 0 Å². The number of carbonyl (C=O) groups is 2. The lowest BCUT2D eigenvalue weighted by Crippen LogP contribution is -2.44. The molecule has 0 saturated carbocycles. The van der Waals surface area contributed by atoms with Gasteiger partial charge in [-0.05, 0) is 51.3 Å². The van der Waals surface area contributed by atoms with Crippen LogP contribution >= 0.6 is 0 Å². The molecule has 1 heterocycles. The monoisotopic (exact) mass is 376 g/mol. The molecule has 2 rings (SSSR count). The summed E-state index contributed by atoms with van der Waals surface area (Å²) in [4.78, 5) is 25.8. The van der Waals surface area contributed by atoms with Gasteiger partial charge in [0.05, 0.1) is 0 Å². The summed E-state index contributed by atoms with van der Waals surface area (Å²) in [6.45, 7) is 9.53. The fraction of sp³-hybridized carbons (Fsp3) is 0.526. The van der Waals surface area contributed by atoms with Crippen molar-refractivity contribution < 1.29 is 19.5 Å². The first-order valence-electron chi connectivity index (χ1n) is 8.99. The predicted octanol–water partition coefficient (Wildman–Crippen LogP) is 2.36. The van der Waals surface area contributed by atoms with Crippen LogP contribution in [-0.2, 0) is 22.5 Å². The lowest BCUT2D eigenvalue weighted by Gasteiger charge is -2.32. The summed E-state index contributed by atoms with van der Waals surface area (Å²) in [5, 5.41) is 16.7. The van der Waals surface area contributed by atoms with Crippen molar-refractivity contribution in [2.24, 2.45) is 5.16 Å². The van der Waals surface area contributed by atoms with Gasteiger partial charge in [-0.25, -0.2) is 4.79 Å². The zero-order valence-corrected chi connectivity index (χ0v) is 16.3. The Kier molecular flexibility index (Phi) is 6.79. The van der Waals surface area contributed by atoms with Gasteiger partial charge in [-0.3, -0.25) is 15.0 Å². The van der Waals surface area contributed by atoms with E-state index in [1.165, 1.54) is 5.56 Å². The van der Waals surface area contributed by atoms with Crippen LogP contribution in [0.1, 0.15) is 38.8 Å². The number of ether oxygens (including phenoxy) is 1. The molecule has 148 valence electrons. The topological polar surface area (TPSA) is 103 Å². The molecule has 2 amide bonds. The van der Waals surface area contributed by atoms with Crippen LogP contribution in [0, 0.1) is 0 Å². The number of anilines is 1. The molecule has 8 heteroatoms. The highest BCUT2D eigenvalue weighted by Crippen LogP contribution is 2.27. The first-order chi connectivity index (χ1) is 12.7. The Morgan fingerprint density at radius 2 is 2.15 bits per heavy atom. The van der Waals surface area contributed by atoms with Gasteiger partial charge in [-0.2, -0.15) is 0 Å². The van der Waals surface area contributed by atoms with Gasteiger partial charge in [-0.1, -0.05) is 17.3 Å². The van der Waals surface area contributed by atoms with E-state index in [9.17, 15) is 9.59 Å². The van der Waals surface area contributed by atoms with Gasteiger partial charge in [0, 0.05) is 31.4 Å². The number of fused-ring (bicyclic) bond motifs is 1. The number of oxime groups is 1. The van der Waals surface area contributed by atoms with E-state index < -0.39 is 17.6 Å². The number of amides is 2. The van der Waals surface area contributed by atoms with E-state index in [0.717, 1.165) is 30.4 Å². The molecule has 27 heavy (non-hydrogen) atoms. The normalized spacial score (nSPS) is 15.9. The fourth-order valence-corrected chi connectivity index (χ4v) is 3.09. The molecule has 0 fully saturated rings. The number of nitrogens with zero attached hydrogens (tertiary/aromatic N) is 2. The first kappa shape index (κ1) is 20.7. The number of benzene rings is 1. The van der Waals surface area contributed by atoms with Crippen LogP contribution < -0.4 is 10.6 Å². The molecule has 1 aromatic rings.